The predicted molar refractivity (Wildman–Crippen MR) is 69.8 cm³/mol. The SMILES string of the molecule is NC(=O)[C@H]1CC[C@@H](N2ON(O)c3cnc(Cl)nc32)CC1. The topological polar surface area (TPSA) is 105 Å². The van der Waals surface area contributed by atoms with Crippen molar-refractivity contribution in [2.24, 2.45) is 11.7 Å². The van der Waals surface area contributed by atoms with Crippen LogP contribution in [-0.2, 0) is 9.73 Å². The van der Waals surface area contributed by atoms with Gasteiger partial charge in [0.25, 0.3) is 0 Å². The normalized spacial score (nSPS) is 25.7. The lowest BCUT2D eigenvalue weighted by molar-refractivity contribution is -0.123. The maximum atomic E-state index is 11.2. The molecule has 1 aromatic rings. The summed E-state index contributed by atoms with van der Waals surface area (Å²) in [6.07, 6.45) is 4.23. The standard InChI is InChI=1S/C11H14ClN5O3/c12-11-14-5-8-10(15-11)16(20-17(8)19)7-3-1-6(2-4-7)9(13)18/h5-7,19H,1-4H2,(H2,13,18)/t6-,7+. The minimum atomic E-state index is -0.264. The molecule has 3 N–H and O–H groups in total. The average molecular weight is 300 g/mol. The van der Waals surface area contributed by atoms with Crippen molar-refractivity contribution in [3.63, 3.8) is 0 Å². The van der Waals surface area contributed by atoms with E-state index in [9.17, 15) is 10.0 Å². The molecule has 1 aliphatic carbocycles. The Hall–Kier alpha value is -1.64. The number of nitrogens with zero attached hydrogens (tertiary/aromatic N) is 4. The van der Waals surface area contributed by atoms with Crippen molar-refractivity contribution >= 4 is 29.0 Å². The Kier molecular flexibility index (Phi) is 3.36. The van der Waals surface area contributed by atoms with E-state index in [1.54, 1.807) is 0 Å². The first-order valence-electron chi connectivity index (χ1n) is 6.34. The van der Waals surface area contributed by atoms with Gasteiger partial charge in [0, 0.05) is 5.92 Å². The summed E-state index contributed by atoms with van der Waals surface area (Å²) in [5.41, 5.74) is 5.65. The van der Waals surface area contributed by atoms with Crippen LogP contribution in [-0.4, -0.2) is 27.1 Å². The van der Waals surface area contributed by atoms with E-state index in [2.05, 4.69) is 9.97 Å². The number of primary amides is 1. The molecule has 1 aliphatic heterocycles. The van der Waals surface area contributed by atoms with E-state index < -0.39 is 0 Å². The molecule has 20 heavy (non-hydrogen) atoms. The number of nitrogens with two attached hydrogens (primary N) is 1. The first-order chi connectivity index (χ1) is 9.56. The third-order valence-electron chi connectivity index (χ3n) is 3.73. The Morgan fingerprint density at radius 1 is 1.45 bits per heavy atom. The smallest absolute Gasteiger partial charge is 0.224 e. The van der Waals surface area contributed by atoms with Gasteiger partial charge in [0.2, 0.25) is 11.2 Å². The molecule has 9 heteroatoms. The number of rotatable bonds is 2. The first-order valence-corrected chi connectivity index (χ1v) is 6.72. The lowest BCUT2D eigenvalue weighted by Gasteiger charge is -2.32. The van der Waals surface area contributed by atoms with Gasteiger partial charge in [-0.2, -0.15) is 4.98 Å². The van der Waals surface area contributed by atoms with Crippen LogP contribution in [0.5, 0.6) is 0 Å². The van der Waals surface area contributed by atoms with Gasteiger partial charge in [-0.25, -0.2) is 10.0 Å². The molecule has 2 heterocycles. The summed E-state index contributed by atoms with van der Waals surface area (Å²) in [4.78, 5) is 24.3. The second-order valence-electron chi connectivity index (χ2n) is 4.94. The van der Waals surface area contributed by atoms with Crippen LogP contribution in [0.1, 0.15) is 25.7 Å². The Bertz CT molecular complexity index is 535. The van der Waals surface area contributed by atoms with Gasteiger partial charge in [0.15, 0.2) is 11.5 Å². The zero-order valence-corrected chi connectivity index (χ0v) is 11.3. The van der Waals surface area contributed by atoms with Crippen LogP contribution >= 0.6 is 11.6 Å². The Balaban J connectivity index is 1.77. The summed E-state index contributed by atoms with van der Waals surface area (Å²) >= 11 is 5.77. The van der Waals surface area contributed by atoms with Crippen molar-refractivity contribution in [2.75, 3.05) is 10.3 Å². The molecule has 1 saturated carbocycles. The highest BCUT2D eigenvalue weighted by atomic mass is 35.5. The predicted octanol–water partition coefficient (Wildman–Crippen LogP) is 1.04. The minimum Gasteiger partial charge on any atom is -0.369 e. The second-order valence-corrected chi connectivity index (χ2v) is 5.27. The number of carbonyl (C=O) groups excluding carboxylic acids is 1. The molecular formula is C11H14ClN5O3. The van der Waals surface area contributed by atoms with Gasteiger partial charge in [0.1, 0.15) is 0 Å². The number of fused-ring (bicyclic) bond motifs is 1. The van der Waals surface area contributed by atoms with Crippen LogP contribution in [0.25, 0.3) is 0 Å². The van der Waals surface area contributed by atoms with Crippen LogP contribution in [0.3, 0.4) is 0 Å². The van der Waals surface area contributed by atoms with Crippen LogP contribution in [0, 0.1) is 5.92 Å². The molecule has 3 rings (SSSR count). The number of hydrogen-bond acceptors (Lipinski definition) is 7. The molecule has 0 unspecified atom stereocenters. The molecule has 2 aliphatic rings. The fourth-order valence-corrected chi connectivity index (χ4v) is 2.77. The van der Waals surface area contributed by atoms with Crippen molar-refractivity contribution in [1.29, 1.82) is 0 Å². The zero-order chi connectivity index (χ0) is 14.3. The van der Waals surface area contributed by atoms with E-state index in [1.165, 1.54) is 11.3 Å². The lowest BCUT2D eigenvalue weighted by atomic mass is 9.85. The van der Waals surface area contributed by atoms with E-state index in [1.807, 2.05) is 0 Å². The Morgan fingerprint density at radius 2 is 2.15 bits per heavy atom. The van der Waals surface area contributed by atoms with Crippen LogP contribution in [0.4, 0.5) is 11.5 Å². The second kappa shape index (κ2) is 5.04. The van der Waals surface area contributed by atoms with E-state index in [-0.39, 0.29) is 23.2 Å². The molecule has 108 valence electrons. The summed E-state index contributed by atoms with van der Waals surface area (Å²) in [5.74, 6) is 0.0721. The fraction of sp³-hybridized carbons (Fsp3) is 0.545. The molecule has 1 aromatic heterocycles. The van der Waals surface area contributed by atoms with Gasteiger partial charge in [-0.3, -0.25) is 10.0 Å². The summed E-state index contributed by atoms with van der Waals surface area (Å²) in [7, 11) is 0. The zero-order valence-electron chi connectivity index (χ0n) is 10.6. The van der Waals surface area contributed by atoms with Crippen LogP contribution < -0.4 is 16.0 Å². The minimum absolute atomic E-state index is 0.00691. The van der Waals surface area contributed by atoms with E-state index in [0.29, 0.717) is 29.6 Å². The molecule has 1 amide bonds. The highest BCUT2D eigenvalue weighted by Gasteiger charge is 2.37. The number of hydroxylamine groups is 1. The molecular weight excluding hydrogens is 286 g/mol. The van der Waals surface area contributed by atoms with Crippen molar-refractivity contribution in [1.82, 2.24) is 9.97 Å². The van der Waals surface area contributed by atoms with Crippen LogP contribution in [0.15, 0.2) is 6.20 Å². The van der Waals surface area contributed by atoms with Crippen molar-refractivity contribution < 1.29 is 14.9 Å². The fourth-order valence-electron chi connectivity index (χ4n) is 2.64. The van der Waals surface area contributed by atoms with Gasteiger partial charge < -0.3 is 5.73 Å². The number of aromatic nitrogens is 2. The summed E-state index contributed by atoms with van der Waals surface area (Å²) in [5, 5.41) is 11.9. The number of amides is 1. The Morgan fingerprint density at radius 3 is 2.80 bits per heavy atom. The first kappa shape index (κ1) is 13.3. The maximum Gasteiger partial charge on any atom is 0.224 e. The highest BCUT2D eigenvalue weighted by molar-refractivity contribution is 6.28. The molecule has 8 nitrogen and oxygen atoms in total. The Labute approximate surface area is 120 Å². The lowest BCUT2D eigenvalue weighted by Crippen LogP contribution is -2.40. The molecule has 0 aromatic carbocycles. The highest BCUT2D eigenvalue weighted by Crippen LogP contribution is 2.39. The molecule has 0 radical (unpaired) electrons. The quantitative estimate of drug-likeness (QED) is 0.786. The summed E-state index contributed by atoms with van der Waals surface area (Å²) in [6, 6.07) is 0.00691. The van der Waals surface area contributed by atoms with Crippen molar-refractivity contribution in [2.45, 2.75) is 31.7 Å². The van der Waals surface area contributed by atoms with E-state index >= 15 is 0 Å². The number of hydrogen-bond donors (Lipinski definition) is 2. The molecule has 0 atom stereocenters. The molecule has 0 bridgehead atoms. The van der Waals surface area contributed by atoms with Gasteiger partial charge >= 0.3 is 0 Å². The third-order valence-corrected chi connectivity index (χ3v) is 3.91. The third kappa shape index (κ3) is 2.26. The van der Waals surface area contributed by atoms with Crippen molar-refractivity contribution in [3.05, 3.63) is 11.5 Å². The maximum absolute atomic E-state index is 11.2. The largest absolute Gasteiger partial charge is 0.369 e. The molecule has 0 spiro atoms. The van der Waals surface area contributed by atoms with Gasteiger partial charge in [-0.1, -0.05) is 5.23 Å². The van der Waals surface area contributed by atoms with Crippen LogP contribution in [0.2, 0.25) is 5.28 Å². The molecule has 0 saturated heterocycles. The van der Waals surface area contributed by atoms with Gasteiger partial charge in [0.05, 0.1) is 12.2 Å². The summed E-state index contributed by atoms with van der Waals surface area (Å²) < 4.78 is 0. The number of carbonyl (C=O) groups is 1. The van der Waals surface area contributed by atoms with E-state index in [0.717, 1.165) is 12.8 Å². The molecule has 1 fully saturated rings. The number of anilines is 2. The van der Waals surface area contributed by atoms with Gasteiger partial charge in [-0.15, -0.1) is 4.94 Å². The van der Waals surface area contributed by atoms with Gasteiger partial charge in [-0.05, 0) is 37.3 Å². The monoisotopic (exact) mass is 299 g/mol. The summed E-state index contributed by atoms with van der Waals surface area (Å²) in [6.45, 7) is 0. The van der Waals surface area contributed by atoms with Crippen molar-refractivity contribution in [3.8, 4) is 0 Å². The number of halogens is 1. The average Bonchev–Trinajstić information content (AvgIpc) is 2.75. The van der Waals surface area contributed by atoms with E-state index in [4.69, 9.17) is 22.3 Å².